The van der Waals surface area contributed by atoms with E-state index in [1.165, 1.54) is 6.07 Å². The number of alkyl halides is 3. The van der Waals surface area contributed by atoms with Crippen LogP contribution in [-0.4, -0.2) is 11.4 Å². The third-order valence-electron chi connectivity index (χ3n) is 3.25. The van der Waals surface area contributed by atoms with Crippen LogP contribution in [0.5, 0.6) is 0 Å². The third-order valence-corrected chi connectivity index (χ3v) is 3.48. The number of nitrogens with two attached hydrogens (primary N) is 1. The van der Waals surface area contributed by atoms with Crippen LogP contribution in [0.2, 0.25) is 5.02 Å². The highest BCUT2D eigenvalue weighted by molar-refractivity contribution is 6.30. The quantitative estimate of drug-likeness (QED) is 0.888. The molecule has 1 rings (SSSR count). The fourth-order valence-electron chi connectivity index (χ4n) is 1.68. The smallest absolute Gasteiger partial charge is 0.324 e. The summed E-state index contributed by atoms with van der Waals surface area (Å²) in [7, 11) is 0. The van der Waals surface area contributed by atoms with E-state index >= 15 is 0 Å². The van der Waals surface area contributed by atoms with Gasteiger partial charge in [0.25, 0.3) is 0 Å². The van der Waals surface area contributed by atoms with Crippen molar-refractivity contribution in [2.75, 3.05) is 5.32 Å². The molecule has 3 nitrogen and oxygen atoms in total. The molecule has 0 aliphatic heterocycles. The van der Waals surface area contributed by atoms with Crippen LogP contribution in [0.1, 0.15) is 32.3 Å². The molecule has 1 amide bonds. The molecule has 20 heavy (non-hydrogen) atoms. The molecule has 7 heteroatoms. The Morgan fingerprint density at radius 3 is 2.30 bits per heavy atom. The van der Waals surface area contributed by atoms with Crippen molar-refractivity contribution >= 4 is 23.2 Å². The molecule has 3 N–H and O–H groups in total. The van der Waals surface area contributed by atoms with E-state index in [9.17, 15) is 18.0 Å². The summed E-state index contributed by atoms with van der Waals surface area (Å²) in [6.45, 7) is 3.41. The van der Waals surface area contributed by atoms with Gasteiger partial charge in [-0.2, -0.15) is 13.2 Å². The topological polar surface area (TPSA) is 55.1 Å². The van der Waals surface area contributed by atoms with Gasteiger partial charge in [0.1, 0.15) is 0 Å². The van der Waals surface area contributed by atoms with Gasteiger partial charge in [-0.05, 0) is 31.0 Å². The van der Waals surface area contributed by atoms with Crippen LogP contribution in [0.3, 0.4) is 0 Å². The molecule has 0 radical (unpaired) electrons. The minimum atomic E-state index is -4.61. The van der Waals surface area contributed by atoms with Crippen LogP contribution in [-0.2, 0) is 11.0 Å². The molecule has 0 saturated heterocycles. The van der Waals surface area contributed by atoms with Gasteiger partial charge < -0.3 is 11.1 Å². The lowest BCUT2D eigenvalue weighted by atomic mass is 9.93. The molecule has 0 spiro atoms. The van der Waals surface area contributed by atoms with Gasteiger partial charge in [0.15, 0.2) is 0 Å². The molecule has 0 aromatic heterocycles. The number of halogens is 4. The Morgan fingerprint density at radius 1 is 1.30 bits per heavy atom. The maximum absolute atomic E-state index is 12.9. The summed E-state index contributed by atoms with van der Waals surface area (Å²) in [4.78, 5) is 12.0. The minimum absolute atomic E-state index is 0.0553. The first kappa shape index (κ1) is 16.8. The van der Waals surface area contributed by atoms with Crippen LogP contribution in [0.25, 0.3) is 0 Å². The van der Waals surface area contributed by atoms with E-state index in [0.29, 0.717) is 12.8 Å². The fourth-order valence-corrected chi connectivity index (χ4v) is 1.85. The number of carbonyl (C=O) groups is 1. The van der Waals surface area contributed by atoms with Crippen molar-refractivity contribution in [1.29, 1.82) is 0 Å². The van der Waals surface area contributed by atoms with Crippen LogP contribution < -0.4 is 11.1 Å². The lowest BCUT2D eigenvalue weighted by molar-refractivity contribution is -0.137. The van der Waals surface area contributed by atoms with Crippen LogP contribution in [0.4, 0.5) is 18.9 Å². The standard InChI is InChI=1S/C13H16ClF3N2O/c1-3-12(18,4-2)11(20)19-10-6-5-8(14)7-9(10)13(15,16)17/h5-7H,3-4,18H2,1-2H3,(H,19,20). The zero-order valence-electron chi connectivity index (χ0n) is 11.1. The molecule has 0 fully saturated rings. The molecule has 0 saturated carbocycles. The molecule has 112 valence electrons. The first-order chi connectivity index (χ1) is 9.14. The van der Waals surface area contributed by atoms with Gasteiger partial charge in [-0.3, -0.25) is 4.79 Å². The molecule has 0 heterocycles. The Hall–Kier alpha value is -1.27. The Morgan fingerprint density at radius 2 is 1.85 bits per heavy atom. The Bertz CT molecular complexity index is 499. The number of rotatable bonds is 4. The van der Waals surface area contributed by atoms with Crippen molar-refractivity contribution in [3.8, 4) is 0 Å². The highest BCUT2D eigenvalue weighted by atomic mass is 35.5. The molecular formula is C13H16ClF3N2O. The summed E-state index contributed by atoms with van der Waals surface area (Å²) in [5.41, 5.74) is 3.33. The number of amides is 1. The average molecular weight is 309 g/mol. The summed E-state index contributed by atoms with van der Waals surface area (Å²) >= 11 is 5.57. The van der Waals surface area contributed by atoms with Crippen molar-refractivity contribution in [2.24, 2.45) is 5.73 Å². The highest BCUT2D eigenvalue weighted by Crippen LogP contribution is 2.36. The molecule has 0 atom stereocenters. The number of hydrogen-bond acceptors (Lipinski definition) is 2. The van der Waals surface area contributed by atoms with Crippen LogP contribution >= 0.6 is 11.6 Å². The van der Waals surface area contributed by atoms with Crippen molar-refractivity contribution in [2.45, 2.75) is 38.4 Å². The van der Waals surface area contributed by atoms with Gasteiger partial charge in [-0.25, -0.2) is 0 Å². The number of anilines is 1. The molecule has 0 bridgehead atoms. The number of carbonyl (C=O) groups excluding carboxylic acids is 1. The van der Waals surface area contributed by atoms with Gasteiger partial charge in [0, 0.05) is 5.02 Å². The molecule has 1 aromatic rings. The molecule has 0 aliphatic carbocycles. The molecule has 0 aliphatic rings. The van der Waals surface area contributed by atoms with E-state index in [1.807, 2.05) is 0 Å². The SMILES string of the molecule is CCC(N)(CC)C(=O)Nc1ccc(Cl)cc1C(F)(F)F. The maximum Gasteiger partial charge on any atom is 0.418 e. The summed E-state index contributed by atoms with van der Waals surface area (Å²) in [6.07, 6.45) is -3.96. The summed E-state index contributed by atoms with van der Waals surface area (Å²) in [6, 6.07) is 3.17. The summed E-state index contributed by atoms with van der Waals surface area (Å²) < 4.78 is 38.7. The lowest BCUT2D eigenvalue weighted by Gasteiger charge is -2.26. The van der Waals surface area contributed by atoms with Crippen molar-refractivity contribution in [3.63, 3.8) is 0 Å². The van der Waals surface area contributed by atoms with Crippen LogP contribution in [0, 0.1) is 0 Å². The van der Waals surface area contributed by atoms with Gasteiger partial charge in [0.05, 0.1) is 16.8 Å². The first-order valence-electron chi connectivity index (χ1n) is 6.11. The molecular weight excluding hydrogens is 293 g/mol. The fraction of sp³-hybridized carbons (Fsp3) is 0.462. The summed E-state index contributed by atoms with van der Waals surface area (Å²) in [5, 5.41) is 2.19. The van der Waals surface area contributed by atoms with Crippen molar-refractivity contribution < 1.29 is 18.0 Å². The van der Waals surface area contributed by atoms with Gasteiger partial charge in [0.2, 0.25) is 5.91 Å². The Balaban J connectivity index is 3.13. The number of benzene rings is 1. The number of nitrogens with one attached hydrogen (secondary N) is 1. The monoisotopic (exact) mass is 308 g/mol. The van der Waals surface area contributed by atoms with E-state index in [0.717, 1.165) is 12.1 Å². The van der Waals surface area contributed by atoms with Crippen LogP contribution in [0.15, 0.2) is 18.2 Å². The molecule has 1 aromatic carbocycles. The van der Waals surface area contributed by atoms with E-state index < -0.39 is 23.2 Å². The normalized spacial score (nSPS) is 12.3. The predicted molar refractivity (Wildman–Crippen MR) is 72.6 cm³/mol. The molecule has 0 unspecified atom stereocenters. The second kappa shape index (κ2) is 6.01. The zero-order valence-corrected chi connectivity index (χ0v) is 11.9. The average Bonchev–Trinajstić information content (AvgIpc) is 2.38. The lowest BCUT2D eigenvalue weighted by Crippen LogP contribution is -2.50. The zero-order chi connectivity index (χ0) is 15.6. The predicted octanol–water partition coefficient (Wildman–Crippen LogP) is 3.81. The van der Waals surface area contributed by atoms with E-state index in [2.05, 4.69) is 5.32 Å². The van der Waals surface area contributed by atoms with E-state index in [-0.39, 0.29) is 10.7 Å². The minimum Gasteiger partial charge on any atom is -0.324 e. The second-order valence-electron chi connectivity index (χ2n) is 4.51. The van der Waals surface area contributed by atoms with Gasteiger partial charge >= 0.3 is 6.18 Å². The second-order valence-corrected chi connectivity index (χ2v) is 4.94. The first-order valence-corrected chi connectivity index (χ1v) is 6.49. The maximum atomic E-state index is 12.9. The summed E-state index contributed by atoms with van der Waals surface area (Å²) in [5.74, 6) is -0.643. The van der Waals surface area contributed by atoms with E-state index in [1.54, 1.807) is 13.8 Å². The van der Waals surface area contributed by atoms with Crippen molar-refractivity contribution in [1.82, 2.24) is 0 Å². The Labute approximate surface area is 120 Å². The van der Waals surface area contributed by atoms with Gasteiger partial charge in [-0.1, -0.05) is 25.4 Å². The highest BCUT2D eigenvalue weighted by Gasteiger charge is 2.36. The third kappa shape index (κ3) is 3.64. The van der Waals surface area contributed by atoms with E-state index in [4.69, 9.17) is 17.3 Å². The largest absolute Gasteiger partial charge is 0.418 e. The Kier molecular flexibility index (Phi) is 5.05. The van der Waals surface area contributed by atoms with Crippen molar-refractivity contribution in [3.05, 3.63) is 28.8 Å². The van der Waals surface area contributed by atoms with Gasteiger partial charge in [-0.15, -0.1) is 0 Å². The number of hydrogen-bond donors (Lipinski definition) is 2.